The summed E-state index contributed by atoms with van der Waals surface area (Å²) >= 11 is 1.09. The zero-order chi connectivity index (χ0) is 12.3. The summed E-state index contributed by atoms with van der Waals surface area (Å²) < 4.78 is 3.78. The van der Waals surface area contributed by atoms with E-state index in [9.17, 15) is 4.79 Å². The second-order valence-electron chi connectivity index (χ2n) is 3.44. The van der Waals surface area contributed by atoms with Crippen LogP contribution in [-0.2, 0) is 6.42 Å². The summed E-state index contributed by atoms with van der Waals surface area (Å²) in [6.45, 7) is 1.93. The first-order chi connectivity index (χ1) is 8.22. The van der Waals surface area contributed by atoms with Gasteiger partial charge in [-0.25, -0.2) is 0 Å². The summed E-state index contributed by atoms with van der Waals surface area (Å²) in [6.07, 6.45) is 0.684. The first-order valence-corrected chi connectivity index (χ1v) is 5.96. The van der Waals surface area contributed by atoms with Crippen molar-refractivity contribution < 1.29 is 4.79 Å². The highest BCUT2D eigenvalue weighted by Crippen LogP contribution is 2.19. The van der Waals surface area contributed by atoms with E-state index < -0.39 is 0 Å². The van der Waals surface area contributed by atoms with E-state index in [0.29, 0.717) is 28.4 Å². The molecule has 2 aromatic rings. The number of nitrogens with zero attached hydrogens (tertiary/aromatic N) is 2. The predicted octanol–water partition coefficient (Wildman–Crippen LogP) is 1.94. The van der Waals surface area contributed by atoms with Crippen LogP contribution < -0.4 is 11.1 Å². The van der Waals surface area contributed by atoms with Crippen molar-refractivity contribution in [1.29, 1.82) is 0 Å². The summed E-state index contributed by atoms with van der Waals surface area (Å²) in [6, 6.07) is 7.13. The lowest BCUT2D eigenvalue weighted by atomic mass is 10.2. The van der Waals surface area contributed by atoms with Gasteiger partial charge in [0.15, 0.2) is 0 Å². The molecule has 17 heavy (non-hydrogen) atoms. The smallest absolute Gasteiger partial charge is 0.269 e. The van der Waals surface area contributed by atoms with E-state index >= 15 is 0 Å². The molecule has 0 spiro atoms. The number of hydrogen-bond donors (Lipinski definition) is 2. The van der Waals surface area contributed by atoms with Gasteiger partial charge in [0.05, 0.1) is 17.1 Å². The van der Waals surface area contributed by atoms with Crippen LogP contribution in [0.5, 0.6) is 0 Å². The van der Waals surface area contributed by atoms with Crippen molar-refractivity contribution in [3.63, 3.8) is 0 Å². The van der Waals surface area contributed by atoms with E-state index in [1.165, 1.54) is 0 Å². The van der Waals surface area contributed by atoms with Gasteiger partial charge in [-0.15, -0.1) is 5.10 Å². The number of anilines is 2. The number of aromatic nitrogens is 2. The molecule has 0 fully saturated rings. The maximum absolute atomic E-state index is 12.0. The van der Waals surface area contributed by atoms with Crippen molar-refractivity contribution >= 4 is 28.8 Å². The van der Waals surface area contributed by atoms with E-state index in [0.717, 1.165) is 11.5 Å². The minimum absolute atomic E-state index is 0.213. The molecule has 0 saturated heterocycles. The Morgan fingerprint density at radius 3 is 2.94 bits per heavy atom. The van der Waals surface area contributed by atoms with Gasteiger partial charge < -0.3 is 11.1 Å². The third kappa shape index (κ3) is 2.42. The molecular formula is C11H12N4OS. The molecule has 2 rings (SSSR count). The zero-order valence-electron chi connectivity index (χ0n) is 9.30. The second-order valence-corrected chi connectivity index (χ2v) is 4.20. The van der Waals surface area contributed by atoms with Crippen LogP contribution >= 0.6 is 11.5 Å². The molecule has 5 nitrogen and oxygen atoms in total. The Kier molecular flexibility index (Phi) is 3.34. The monoisotopic (exact) mass is 248 g/mol. The van der Waals surface area contributed by atoms with Crippen molar-refractivity contribution in [2.24, 2.45) is 0 Å². The lowest BCUT2D eigenvalue weighted by Crippen LogP contribution is -2.13. The third-order valence-corrected chi connectivity index (χ3v) is 3.07. The Morgan fingerprint density at radius 1 is 1.47 bits per heavy atom. The highest BCUT2D eigenvalue weighted by molar-refractivity contribution is 7.08. The fourth-order valence-electron chi connectivity index (χ4n) is 1.40. The largest absolute Gasteiger partial charge is 0.397 e. The van der Waals surface area contributed by atoms with Gasteiger partial charge in [0.2, 0.25) is 0 Å². The summed E-state index contributed by atoms with van der Waals surface area (Å²) in [5.74, 6) is -0.213. The van der Waals surface area contributed by atoms with E-state index in [2.05, 4.69) is 14.9 Å². The van der Waals surface area contributed by atoms with Gasteiger partial charge in [0, 0.05) is 0 Å². The van der Waals surface area contributed by atoms with Crippen LogP contribution in [0.15, 0.2) is 24.3 Å². The van der Waals surface area contributed by atoms with Gasteiger partial charge in [-0.05, 0) is 30.1 Å². The number of amides is 1. The normalized spacial score (nSPS) is 10.2. The number of aryl methyl sites for hydroxylation is 1. The molecule has 1 heterocycles. The number of carbonyl (C=O) groups is 1. The molecule has 0 aliphatic rings. The number of carbonyl (C=O) groups excluding carboxylic acids is 1. The average Bonchev–Trinajstić information content (AvgIpc) is 2.80. The first-order valence-electron chi connectivity index (χ1n) is 5.19. The summed E-state index contributed by atoms with van der Waals surface area (Å²) in [5, 5.41) is 6.65. The van der Waals surface area contributed by atoms with Crippen LogP contribution in [0.25, 0.3) is 0 Å². The molecule has 1 aromatic heterocycles. The number of nitrogens with two attached hydrogens (primary N) is 1. The molecule has 3 N–H and O–H groups in total. The average molecular weight is 248 g/mol. The van der Waals surface area contributed by atoms with Crippen molar-refractivity contribution in [3.8, 4) is 0 Å². The van der Waals surface area contributed by atoms with Gasteiger partial charge in [-0.2, -0.15) is 0 Å². The lowest BCUT2D eigenvalue weighted by molar-refractivity contribution is 0.102. The van der Waals surface area contributed by atoms with E-state index in [4.69, 9.17) is 5.73 Å². The second kappa shape index (κ2) is 4.92. The van der Waals surface area contributed by atoms with Crippen LogP contribution in [-0.4, -0.2) is 15.5 Å². The molecule has 0 saturated carbocycles. The highest BCUT2D eigenvalue weighted by Gasteiger charge is 2.15. The lowest BCUT2D eigenvalue weighted by Gasteiger charge is -2.06. The molecule has 0 unspecified atom stereocenters. The minimum Gasteiger partial charge on any atom is -0.397 e. The molecule has 0 atom stereocenters. The summed E-state index contributed by atoms with van der Waals surface area (Å²) in [7, 11) is 0. The Morgan fingerprint density at radius 2 is 2.24 bits per heavy atom. The number of nitrogens with one attached hydrogen (secondary N) is 1. The summed E-state index contributed by atoms with van der Waals surface area (Å²) in [5.41, 5.74) is 7.60. The van der Waals surface area contributed by atoms with Gasteiger partial charge in [0.25, 0.3) is 5.91 Å². The molecule has 0 bridgehead atoms. The van der Waals surface area contributed by atoms with Crippen molar-refractivity contribution in [2.45, 2.75) is 13.3 Å². The standard InChI is InChI=1S/C11H12N4OS/c1-2-8-10(17-15-14-8)11(16)13-9-6-4-3-5-7(9)12/h3-6H,2,12H2,1H3,(H,13,16). The minimum atomic E-state index is -0.213. The predicted molar refractivity (Wildman–Crippen MR) is 68.1 cm³/mol. The molecule has 0 aliphatic heterocycles. The zero-order valence-corrected chi connectivity index (χ0v) is 10.1. The van der Waals surface area contributed by atoms with Crippen LogP contribution in [0, 0.1) is 0 Å². The molecular weight excluding hydrogens is 236 g/mol. The van der Waals surface area contributed by atoms with E-state index in [1.807, 2.05) is 19.1 Å². The van der Waals surface area contributed by atoms with Gasteiger partial charge in [-0.1, -0.05) is 23.5 Å². The van der Waals surface area contributed by atoms with Crippen LogP contribution in [0.2, 0.25) is 0 Å². The fourth-order valence-corrected chi connectivity index (χ4v) is 2.05. The number of nitrogen functional groups attached to an aromatic ring is 1. The highest BCUT2D eigenvalue weighted by atomic mass is 32.1. The summed E-state index contributed by atoms with van der Waals surface area (Å²) in [4.78, 5) is 12.5. The maximum Gasteiger partial charge on any atom is 0.269 e. The van der Waals surface area contributed by atoms with Crippen molar-refractivity contribution in [1.82, 2.24) is 9.59 Å². The molecule has 0 radical (unpaired) electrons. The first kappa shape index (κ1) is 11.5. The van der Waals surface area contributed by atoms with E-state index in [1.54, 1.807) is 12.1 Å². The molecule has 1 amide bonds. The van der Waals surface area contributed by atoms with Crippen LogP contribution in [0.3, 0.4) is 0 Å². The Bertz CT molecular complexity index is 538. The molecule has 88 valence electrons. The Balaban J connectivity index is 2.20. The Hall–Kier alpha value is -1.95. The Labute approximate surface area is 103 Å². The SMILES string of the molecule is CCc1nnsc1C(=O)Nc1ccccc1N. The van der Waals surface area contributed by atoms with Crippen LogP contribution in [0.1, 0.15) is 22.3 Å². The van der Waals surface area contributed by atoms with Gasteiger partial charge in [-0.3, -0.25) is 4.79 Å². The molecule has 1 aromatic carbocycles. The number of benzene rings is 1. The van der Waals surface area contributed by atoms with Crippen molar-refractivity contribution in [3.05, 3.63) is 34.8 Å². The van der Waals surface area contributed by atoms with E-state index in [-0.39, 0.29) is 5.91 Å². The molecule has 0 aliphatic carbocycles. The number of rotatable bonds is 3. The van der Waals surface area contributed by atoms with Crippen LogP contribution in [0.4, 0.5) is 11.4 Å². The number of hydrogen-bond acceptors (Lipinski definition) is 5. The van der Waals surface area contributed by atoms with Crippen molar-refractivity contribution in [2.75, 3.05) is 11.1 Å². The fraction of sp³-hybridized carbons (Fsp3) is 0.182. The quantitative estimate of drug-likeness (QED) is 0.813. The number of para-hydroxylation sites is 2. The molecule has 6 heteroatoms. The van der Waals surface area contributed by atoms with Gasteiger partial charge >= 0.3 is 0 Å². The topological polar surface area (TPSA) is 80.9 Å². The van der Waals surface area contributed by atoms with Gasteiger partial charge in [0.1, 0.15) is 4.88 Å². The third-order valence-electron chi connectivity index (χ3n) is 2.31. The maximum atomic E-state index is 12.0.